The van der Waals surface area contributed by atoms with E-state index in [1.165, 1.54) is 165 Å². The van der Waals surface area contributed by atoms with Crippen LogP contribution in [0.3, 0.4) is 0 Å². The normalized spacial score (nSPS) is 25.8. The van der Waals surface area contributed by atoms with E-state index in [0.29, 0.717) is 0 Å². The fourth-order valence-electron chi connectivity index (χ4n) is 16.0. The molecule has 2 aromatic carbocycles. The largest absolute Gasteiger partial charge is 3.00 e. The van der Waals surface area contributed by atoms with E-state index in [9.17, 15) is 0 Å². The Labute approximate surface area is 517 Å². The van der Waals surface area contributed by atoms with Gasteiger partial charge < -0.3 is 25.9 Å². The summed E-state index contributed by atoms with van der Waals surface area (Å²) in [7, 11) is 1.92. The fourth-order valence-corrected chi connectivity index (χ4v) is 21.0. The molecule has 0 N–H and O–H groups in total. The summed E-state index contributed by atoms with van der Waals surface area (Å²) in [5.41, 5.74) is 5.97. The van der Waals surface area contributed by atoms with Crippen molar-refractivity contribution in [1.82, 2.24) is 24.5 Å². The first-order valence-corrected chi connectivity index (χ1v) is 35.4. The van der Waals surface area contributed by atoms with Crippen LogP contribution in [0.1, 0.15) is 187 Å². The summed E-state index contributed by atoms with van der Waals surface area (Å²) in [6, 6.07) is 34.0. The van der Waals surface area contributed by atoms with Gasteiger partial charge in [-0.3, -0.25) is 26.3 Å². The number of benzene rings is 2. The third-order valence-corrected chi connectivity index (χ3v) is 25.0. The first kappa shape index (κ1) is 66.3. The maximum absolute atomic E-state index is 5.38. The second-order valence-corrected chi connectivity index (χ2v) is 31.4. The van der Waals surface area contributed by atoms with Gasteiger partial charge in [0.05, 0.1) is 11.4 Å². The summed E-state index contributed by atoms with van der Waals surface area (Å²) in [5.74, 6) is 2.82. The van der Waals surface area contributed by atoms with Crippen molar-refractivity contribution >= 4 is 39.3 Å². The zero-order chi connectivity index (χ0) is 57.1. The maximum Gasteiger partial charge on any atom is 3.00 e. The molecule has 4 bridgehead atoms. The van der Waals surface area contributed by atoms with Crippen molar-refractivity contribution in [2.75, 3.05) is 52.9 Å². The van der Waals surface area contributed by atoms with E-state index in [4.69, 9.17) is 34.1 Å². The summed E-state index contributed by atoms with van der Waals surface area (Å²) in [6.07, 6.45) is 32.6. The Bertz CT molecular complexity index is 2360. The van der Waals surface area contributed by atoms with Gasteiger partial charge in [-0.15, -0.1) is 5.41 Å². The molecule has 8 aliphatic heterocycles. The van der Waals surface area contributed by atoms with Gasteiger partial charge >= 0.3 is 17.1 Å². The van der Waals surface area contributed by atoms with E-state index in [1.54, 1.807) is 10.6 Å². The van der Waals surface area contributed by atoms with Crippen LogP contribution in [-0.4, -0.2) is 89.1 Å². The van der Waals surface area contributed by atoms with E-state index < -0.39 is 11.7 Å². The summed E-state index contributed by atoms with van der Waals surface area (Å²) in [4.78, 5) is 5.32. The minimum absolute atomic E-state index is 0. The predicted octanol–water partition coefficient (Wildman–Crippen LogP) is 17.3. The van der Waals surface area contributed by atoms with Crippen molar-refractivity contribution in [3.63, 3.8) is 0 Å². The summed E-state index contributed by atoms with van der Waals surface area (Å²) < 4.78 is 24.4. The number of hydrogen-bond donors (Lipinski definition) is 0. The van der Waals surface area contributed by atoms with E-state index >= 15 is 0 Å². The minimum Gasteiger partial charge on any atom is -0.381 e. The monoisotopic (exact) mass is 1210 g/mol. The zero-order valence-corrected chi connectivity index (χ0v) is 55.2. The molecule has 14 heteroatoms. The first-order chi connectivity index (χ1) is 39.9. The number of hydrogen-bond acceptors (Lipinski definition) is 7. The minimum atomic E-state index is -0.438. The average Bonchev–Trinajstić information content (AvgIpc) is 4.53. The summed E-state index contributed by atoms with van der Waals surface area (Å²) in [5, 5.41) is 13.9. The van der Waals surface area contributed by atoms with Crippen LogP contribution < -0.4 is 10.6 Å². The molecule has 0 aliphatic carbocycles. The molecular weight excluding hydrogens is 1100 g/mol. The Morgan fingerprint density at radius 1 is 0.446 bits per heavy atom. The molecule has 8 aliphatic rings. The van der Waals surface area contributed by atoms with Crippen molar-refractivity contribution in [2.45, 2.75) is 236 Å². The van der Waals surface area contributed by atoms with Crippen LogP contribution in [0.2, 0.25) is 35.9 Å². The Morgan fingerprint density at radius 2 is 0.771 bits per heavy atom. The van der Waals surface area contributed by atoms with Crippen molar-refractivity contribution in [3.8, 4) is 22.8 Å². The van der Waals surface area contributed by atoms with Crippen LogP contribution in [-0.2, 0) is 59.9 Å². The number of fused-ring (bicyclic) bond motifs is 4. The van der Waals surface area contributed by atoms with Gasteiger partial charge in [-0.1, -0.05) is 202 Å². The Hall–Kier alpha value is -2.64. The first-order valence-electron chi connectivity index (χ1n) is 33.3. The molecule has 5 aromatic rings. The van der Waals surface area contributed by atoms with Gasteiger partial charge in [-0.25, -0.2) is 4.98 Å². The molecule has 0 saturated carbocycles. The molecule has 8 saturated heterocycles. The molecule has 455 valence electrons. The van der Waals surface area contributed by atoms with Crippen LogP contribution in [0, 0.1) is 6.92 Å². The number of aryl methyl sites for hydroxylation is 2. The number of pyridine rings is 1. The zero-order valence-electron chi connectivity index (χ0n) is 52.1. The fraction of sp³-hybridized carbons (Fsp3) is 0.652. The van der Waals surface area contributed by atoms with Crippen LogP contribution in [0.15, 0.2) is 91.0 Å². The van der Waals surface area contributed by atoms with E-state index in [2.05, 4.69) is 142 Å². The standard InChI is InChI=1S/C53H74B2N5P2.4C4H8O.Fe/c1-52(2,3)50-38-48(57-59(50)36-18-34-54(61-44-28-9-7-10-29-44)40-20-13-21-41(54)23-14-22-40)46-32-17-33-47(56-46)49-39-51(53(4,5)6)60(58-49)37-19-35-55(62-45-30-11-8-12-31-45)42-24-15-25-43(55)27-16-26-42;4*1-2-4-5-3-1;/h7-12,17,28-33,38-43,61-62H,1,13-16,18-27,34-37H2,2-6H3;4*1-4H2;/q-3;;;;;+3. The second kappa shape index (κ2) is 33.1. The van der Waals surface area contributed by atoms with Crippen LogP contribution in [0.25, 0.3) is 22.8 Å². The van der Waals surface area contributed by atoms with Gasteiger partial charge in [-0.05, 0) is 75.6 Å². The van der Waals surface area contributed by atoms with Crippen molar-refractivity contribution in [3.05, 3.63) is 109 Å². The summed E-state index contributed by atoms with van der Waals surface area (Å²) >= 11 is 0. The van der Waals surface area contributed by atoms with E-state index in [1.807, 2.05) is 0 Å². The van der Waals surface area contributed by atoms with E-state index in [-0.39, 0.29) is 27.9 Å². The quantitative estimate of drug-likeness (QED) is 0.0586. The average molecular weight is 1210 g/mol. The van der Waals surface area contributed by atoms with E-state index in [0.717, 1.165) is 129 Å². The molecule has 3 aromatic heterocycles. The SMILES string of the molecule is C1CCOC1.C1CCOC1.C1CCOC1.C1CCOC1.[CH2-]C(C)(C)c1cc(-c2cccc(-c3cc(C(C)(C)C)n(CCC[B-]4(Pc5ccccc5)C5CCCC4CCC5)n3)n2)nn1CCC[B-]1(Pc2ccccc2)C2CCCC1CCC2.[Fe+3]. The van der Waals surface area contributed by atoms with Crippen molar-refractivity contribution < 1.29 is 36.0 Å². The van der Waals surface area contributed by atoms with Gasteiger partial charge in [0, 0.05) is 94.5 Å². The topological polar surface area (TPSA) is 85.4 Å². The second-order valence-electron chi connectivity index (χ2n) is 27.6. The van der Waals surface area contributed by atoms with Crippen molar-refractivity contribution in [2.24, 2.45) is 0 Å². The Morgan fingerprint density at radius 3 is 1.07 bits per heavy atom. The molecule has 0 amide bonds. The number of nitrogens with zero attached hydrogens (tertiary/aromatic N) is 5. The Kier molecular flexibility index (Phi) is 26.4. The smallest absolute Gasteiger partial charge is 0.381 e. The van der Waals surface area contributed by atoms with Crippen LogP contribution >= 0.6 is 16.9 Å². The summed E-state index contributed by atoms with van der Waals surface area (Å²) in [6.45, 7) is 26.0. The molecule has 0 spiro atoms. The predicted molar refractivity (Wildman–Crippen MR) is 354 cm³/mol. The molecule has 1 radical (unpaired) electrons. The Balaban J connectivity index is 0.000000359. The van der Waals surface area contributed by atoms with Gasteiger partial charge in [0.25, 0.3) is 0 Å². The molecule has 2 unspecified atom stereocenters. The molecule has 83 heavy (non-hydrogen) atoms. The third-order valence-electron chi connectivity index (χ3n) is 20.1. The molecule has 2 atom stereocenters. The maximum atomic E-state index is 5.38. The number of ether oxygens (including phenoxy) is 4. The number of aromatic nitrogens is 5. The van der Waals surface area contributed by atoms with Gasteiger partial charge in [0.2, 0.25) is 0 Å². The van der Waals surface area contributed by atoms with Gasteiger partial charge in [0.15, 0.2) is 0 Å². The van der Waals surface area contributed by atoms with Crippen molar-refractivity contribution in [1.29, 1.82) is 0 Å². The molecule has 13 rings (SSSR count). The third kappa shape index (κ3) is 18.7. The molecule has 8 fully saturated rings. The molecule has 9 nitrogen and oxygen atoms in total. The number of rotatable bonds is 15. The van der Waals surface area contributed by atoms with Gasteiger partial charge in [0.1, 0.15) is 11.4 Å². The molecular formula is C69H106B2FeN5O4P2. The van der Waals surface area contributed by atoms with Crippen LogP contribution in [0.5, 0.6) is 0 Å². The van der Waals surface area contributed by atoms with Gasteiger partial charge in [-0.2, -0.15) is 46.1 Å². The van der Waals surface area contributed by atoms with Crippen LogP contribution in [0.4, 0.5) is 0 Å². The molecule has 11 heterocycles.